The van der Waals surface area contributed by atoms with Gasteiger partial charge in [0.05, 0.1) is 36.0 Å². The number of nitrogens with two attached hydrogens (primary N) is 1. The molecule has 10 heteroatoms. The zero-order chi connectivity index (χ0) is 29.2. The summed E-state index contributed by atoms with van der Waals surface area (Å²) in [6, 6.07) is 17.3. The molecule has 3 N–H and O–H groups in total. The number of hydrogen-bond donors (Lipinski definition) is 2. The highest BCUT2D eigenvalue weighted by Gasteiger charge is 2.18. The molecule has 6 aromatic rings. The maximum atomic E-state index is 14.2. The summed E-state index contributed by atoms with van der Waals surface area (Å²) in [7, 11) is 1.84. The van der Waals surface area contributed by atoms with E-state index in [-0.39, 0.29) is 24.9 Å². The van der Waals surface area contributed by atoms with Crippen molar-refractivity contribution in [3.05, 3.63) is 118 Å². The number of aromatic nitrogens is 6. The number of rotatable bonds is 7. The molecule has 42 heavy (non-hydrogen) atoms. The maximum Gasteiger partial charge on any atom is 0.264 e. The number of nitrogens with one attached hydrogen (secondary N) is 1. The van der Waals surface area contributed by atoms with Crippen molar-refractivity contribution in [1.29, 1.82) is 0 Å². The van der Waals surface area contributed by atoms with Gasteiger partial charge < -0.3 is 10.5 Å². The highest BCUT2D eigenvalue weighted by atomic mass is 16.5. The van der Waals surface area contributed by atoms with Gasteiger partial charge in [-0.15, -0.1) is 5.10 Å². The number of aryl methyl sites for hydroxylation is 2. The Morgan fingerprint density at radius 3 is 2.74 bits per heavy atom. The van der Waals surface area contributed by atoms with E-state index in [1.165, 1.54) is 0 Å². The number of anilines is 1. The Bertz CT molecular complexity index is 2030. The number of hydrogen-bond acceptors (Lipinski definition) is 7. The van der Waals surface area contributed by atoms with E-state index in [2.05, 4.69) is 32.3 Å². The van der Waals surface area contributed by atoms with Gasteiger partial charge in [-0.1, -0.05) is 41.7 Å². The second kappa shape index (κ2) is 11.3. The van der Waals surface area contributed by atoms with E-state index in [9.17, 15) is 4.79 Å². The Hall–Kier alpha value is -5.24. The Labute approximate surface area is 242 Å². The lowest BCUT2D eigenvalue weighted by atomic mass is 10.0. The molecule has 0 radical (unpaired) electrons. The lowest BCUT2D eigenvalue weighted by molar-refractivity contribution is 0.0971. The van der Waals surface area contributed by atoms with Crippen LogP contribution in [0.3, 0.4) is 0 Å². The molecule has 210 valence electrons. The Kier molecular flexibility index (Phi) is 7.27. The van der Waals surface area contributed by atoms with Crippen LogP contribution in [0.5, 0.6) is 0 Å². The van der Waals surface area contributed by atoms with Crippen molar-refractivity contribution >= 4 is 22.2 Å². The predicted molar refractivity (Wildman–Crippen MR) is 162 cm³/mol. The van der Waals surface area contributed by atoms with E-state index in [1.807, 2.05) is 75.6 Å². The summed E-state index contributed by atoms with van der Waals surface area (Å²) in [4.78, 5) is 18.6. The molecule has 6 rings (SSSR count). The highest BCUT2D eigenvalue weighted by molar-refractivity contribution is 5.88. The van der Waals surface area contributed by atoms with Gasteiger partial charge in [-0.05, 0) is 49.6 Å². The van der Waals surface area contributed by atoms with Crippen molar-refractivity contribution < 1.29 is 4.74 Å². The first-order valence-electron chi connectivity index (χ1n) is 13.5. The quantitative estimate of drug-likeness (QED) is 0.173. The molecule has 0 aliphatic carbocycles. The maximum absolute atomic E-state index is 14.2. The Morgan fingerprint density at radius 2 is 1.95 bits per heavy atom. The largest absolute Gasteiger partial charge is 0.382 e. The van der Waals surface area contributed by atoms with Gasteiger partial charge in [0.2, 0.25) is 0 Å². The lowest BCUT2D eigenvalue weighted by Crippen LogP contribution is -2.30. The van der Waals surface area contributed by atoms with Crippen LogP contribution >= 0.6 is 0 Å². The van der Waals surface area contributed by atoms with Crippen LogP contribution in [0, 0.1) is 18.8 Å². The van der Waals surface area contributed by atoms with Crippen molar-refractivity contribution in [3.63, 3.8) is 0 Å². The average Bonchev–Trinajstić information content (AvgIpc) is 3.55. The second-order valence-corrected chi connectivity index (χ2v) is 10.1. The van der Waals surface area contributed by atoms with Crippen LogP contribution in [0.25, 0.3) is 22.1 Å². The summed E-state index contributed by atoms with van der Waals surface area (Å²) < 4.78 is 11.0. The zero-order valence-corrected chi connectivity index (χ0v) is 23.6. The molecule has 2 aromatic carbocycles. The number of fused-ring (bicyclic) bond motifs is 2. The molecule has 0 aliphatic heterocycles. The first kappa shape index (κ1) is 27.0. The van der Waals surface area contributed by atoms with Gasteiger partial charge in [0.25, 0.3) is 5.56 Å². The van der Waals surface area contributed by atoms with E-state index in [1.54, 1.807) is 38.4 Å². The number of nitrogen functional groups attached to an aromatic ring is 1. The van der Waals surface area contributed by atoms with E-state index in [0.717, 1.165) is 33.5 Å². The molecule has 0 amide bonds. The molecule has 10 nitrogen and oxygen atoms in total. The lowest BCUT2D eigenvalue weighted by Gasteiger charge is -2.21. The standard InChI is InChI=1S/C32H30N8O2/c1-21-8-12-26(13-9-21)40-28(22(2)35-20-42-19-27-30(33)37-39-15-5-14-34-31(27)39)16-25-7-4-6-24(29(25)32(40)41)11-10-23-17-36-38(3)18-23/h4-9,12-18,22,35H,19-20H2,1-3H3,(H2,33,37). The zero-order valence-electron chi connectivity index (χ0n) is 23.6. The van der Waals surface area contributed by atoms with Crippen molar-refractivity contribution in [1.82, 2.24) is 34.3 Å². The summed E-state index contributed by atoms with van der Waals surface area (Å²) in [6.45, 7) is 4.49. The smallest absolute Gasteiger partial charge is 0.264 e. The molecule has 0 spiro atoms. The SMILES string of the molecule is Cc1ccc(-n2c(C(C)NCOCc3c(N)nn4cccnc34)cc3cccc(C#Cc4cnn(C)c4)c3c2=O)cc1. The highest BCUT2D eigenvalue weighted by Crippen LogP contribution is 2.24. The first-order chi connectivity index (χ1) is 20.4. The summed E-state index contributed by atoms with van der Waals surface area (Å²) in [6.07, 6.45) is 7.04. The third-order valence-electron chi connectivity index (χ3n) is 7.12. The fraction of sp³-hybridized carbons (Fsp3) is 0.188. The van der Waals surface area contributed by atoms with E-state index >= 15 is 0 Å². The van der Waals surface area contributed by atoms with Gasteiger partial charge in [-0.25, -0.2) is 9.50 Å². The molecule has 0 saturated carbocycles. The number of pyridine rings is 1. The molecule has 1 unspecified atom stereocenters. The normalized spacial score (nSPS) is 12.0. The third kappa shape index (κ3) is 5.26. The molecule has 1 atom stereocenters. The van der Waals surface area contributed by atoms with Gasteiger partial charge in [0, 0.05) is 48.6 Å². The second-order valence-electron chi connectivity index (χ2n) is 10.1. The summed E-state index contributed by atoms with van der Waals surface area (Å²) in [5.74, 6) is 6.71. The van der Waals surface area contributed by atoms with Gasteiger partial charge in [-0.2, -0.15) is 5.10 Å². The monoisotopic (exact) mass is 558 g/mol. The van der Waals surface area contributed by atoms with Crippen molar-refractivity contribution in [2.75, 3.05) is 12.5 Å². The van der Waals surface area contributed by atoms with Gasteiger partial charge >= 0.3 is 0 Å². The molecule has 0 bridgehead atoms. The van der Waals surface area contributed by atoms with E-state index in [4.69, 9.17) is 10.5 Å². The van der Waals surface area contributed by atoms with Crippen LogP contribution in [0.4, 0.5) is 5.82 Å². The molecule has 0 fully saturated rings. The van der Waals surface area contributed by atoms with Crippen LogP contribution in [0.2, 0.25) is 0 Å². The molecular weight excluding hydrogens is 528 g/mol. The third-order valence-corrected chi connectivity index (χ3v) is 7.12. The van der Waals surface area contributed by atoms with Crippen molar-refractivity contribution in [2.24, 2.45) is 7.05 Å². The van der Waals surface area contributed by atoms with E-state index in [0.29, 0.717) is 22.4 Å². The van der Waals surface area contributed by atoms with Crippen molar-refractivity contribution in [3.8, 4) is 17.5 Å². The summed E-state index contributed by atoms with van der Waals surface area (Å²) in [5, 5.41) is 13.2. The number of nitrogens with zero attached hydrogens (tertiary/aromatic N) is 6. The fourth-order valence-electron chi connectivity index (χ4n) is 4.92. The Balaban J connectivity index is 1.33. The molecule has 4 heterocycles. The summed E-state index contributed by atoms with van der Waals surface area (Å²) >= 11 is 0. The van der Waals surface area contributed by atoms with Gasteiger partial charge in [-0.3, -0.25) is 19.4 Å². The van der Waals surface area contributed by atoms with E-state index < -0.39 is 0 Å². The first-order valence-corrected chi connectivity index (χ1v) is 13.5. The number of benzene rings is 2. The summed E-state index contributed by atoms with van der Waals surface area (Å²) in [5.41, 5.74) is 11.5. The fourth-order valence-corrected chi connectivity index (χ4v) is 4.92. The predicted octanol–water partition coefficient (Wildman–Crippen LogP) is 3.88. The van der Waals surface area contributed by atoms with Crippen LogP contribution in [-0.2, 0) is 18.4 Å². The average molecular weight is 559 g/mol. The van der Waals surface area contributed by atoms with Gasteiger partial charge in [0.15, 0.2) is 11.5 Å². The minimum absolute atomic E-state index is 0.137. The molecule has 4 aromatic heterocycles. The molecule has 0 saturated heterocycles. The van der Waals surface area contributed by atoms with Gasteiger partial charge in [0.1, 0.15) is 0 Å². The van der Waals surface area contributed by atoms with Crippen LogP contribution in [0.1, 0.15) is 40.9 Å². The number of ether oxygens (including phenoxy) is 1. The van der Waals surface area contributed by atoms with Crippen LogP contribution in [-0.4, -0.2) is 35.7 Å². The molecule has 0 aliphatic rings. The minimum Gasteiger partial charge on any atom is -0.382 e. The Morgan fingerprint density at radius 1 is 1.12 bits per heavy atom. The molecular formula is C32H30N8O2. The van der Waals surface area contributed by atoms with Crippen molar-refractivity contribution in [2.45, 2.75) is 26.5 Å². The van der Waals surface area contributed by atoms with Crippen LogP contribution in [0.15, 0.2) is 84.2 Å². The minimum atomic E-state index is -0.229. The van der Waals surface area contributed by atoms with Crippen LogP contribution < -0.4 is 16.6 Å². The topological polar surface area (TPSA) is 117 Å².